The molecule has 82 valence electrons. The van der Waals surface area contributed by atoms with Crippen molar-refractivity contribution in [2.75, 3.05) is 46.9 Å². The predicted octanol–water partition coefficient (Wildman–Crippen LogP) is -1.66. The van der Waals surface area contributed by atoms with E-state index in [1.165, 1.54) is 0 Å². The van der Waals surface area contributed by atoms with Crippen LogP contribution in [0, 0.1) is 0 Å². The highest BCUT2D eigenvalue weighted by Gasteiger charge is 2.28. The van der Waals surface area contributed by atoms with Crippen LogP contribution in [0.2, 0.25) is 0 Å². The van der Waals surface area contributed by atoms with Crippen molar-refractivity contribution < 1.29 is 9.90 Å². The summed E-state index contributed by atoms with van der Waals surface area (Å²) in [5.41, 5.74) is 0. The molecule has 5 nitrogen and oxygen atoms in total. The summed E-state index contributed by atoms with van der Waals surface area (Å²) in [7, 11) is 3.52. The largest absolute Gasteiger partial charge is 0.395 e. The summed E-state index contributed by atoms with van der Waals surface area (Å²) in [5, 5.41) is 12.1. The Labute approximate surface area is 84.7 Å². The number of hydrogen-bond donors (Lipinski definition) is 2. The number of hydrogen-bond acceptors (Lipinski definition) is 4. The van der Waals surface area contributed by atoms with Crippen LogP contribution < -0.4 is 5.32 Å². The van der Waals surface area contributed by atoms with Gasteiger partial charge in [0.1, 0.15) is 6.04 Å². The molecule has 1 aliphatic heterocycles. The smallest absolute Gasteiger partial charge is 0.240 e. The van der Waals surface area contributed by atoms with E-state index < -0.39 is 0 Å². The number of β-amino-alcohol motifs (C(OH)–C–C–N with tert-alkyl or cyclic N) is 1. The number of amides is 1. The summed E-state index contributed by atoms with van der Waals surface area (Å²) in [6.07, 6.45) is 0. The minimum absolute atomic E-state index is 0.102. The van der Waals surface area contributed by atoms with Gasteiger partial charge in [-0.15, -0.1) is 0 Å². The summed E-state index contributed by atoms with van der Waals surface area (Å²) >= 11 is 0. The summed E-state index contributed by atoms with van der Waals surface area (Å²) in [6, 6.07) is -0.120. The molecule has 0 radical (unpaired) electrons. The van der Waals surface area contributed by atoms with E-state index in [9.17, 15) is 4.79 Å². The Kier molecular flexibility index (Phi) is 4.31. The van der Waals surface area contributed by atoms with Crippen LogP contribution in [0.5, 0.6) is 0 Å². The number of likely N-dealkylation sites (N-methyl/N-ethyl adjacent to an activating group) is 1. The molecule has 1 amide bonds. The van der Waals surface area contributed by atoms with Gasteiger partial charge in [-0.2, -0.15) is 0 Å². The average Bonchev–Trinajstić information content (AvgIpc) is 2.18. The van der Waals surface area contributed by atoms with Crippen LogP contribution >= 0.6 is 0 Å². The quantitative estimate of drug-likeness (QED) is 0.574. The molecule has 0 bridgehead atoms. The molecule has 0 aromatic heterocycles. The fourth-order valence-electron chi connectivity index (χ4n) is 1.68. The normalized spacial score (nSPS) is 23.5. The number of nitrogens with one attached hydrogen (secondary N) is 1. The van der Waals surface area contributed by atoms with Gasteiger partial charge in [-0.25, -0.2) is 0 Å². The van der Waals surface area contributed by atoms with Crippen molar-refractivity contribution in [2.45, 2.75) is 6.04 Å². The van der Waals surface area contributed by atoms with Gasteiger partial charge in [0, 0.05) is 40.3 Å². The van der Waals surface area contributed by atoms with Crippen molar-refractivity contribution >= 4 is 5.91 Å². The maximum atomic E-state index is 11.7. The van der Waals surface area contributed by atoms with Crippen molar-refractivity contribution in [2.24, 2.45) is 0 Å². The highest BCUT2D eigenvalue weighted by molar-refractivity contribution is 5.81. The second-order valence-corrected chi connectivity index (χ2v) is 3.71. The maximum Gasteiger partial charge on any atom is 0.240 e. The molecule has 1 aliphatic rings. The first-order valence-corrected chi connectivity index (χ1v) is 4.93. The molecule has 0 aromatic carbocycles. The average molecular weight is 201 g/mol. The summed E-state index contributed by atoms with van der Waals surface area (Å²) in [5.74, 6) is 0.102. The first kappa shape index (κ1) is 11.4. The molecule has 1 saturated heterocycles. The molecule has 1 unspecified atom stereocenters. The zero-order valence-electron chi connectivity index (χ0n) is 8.86. The molecule has 0 aromatic rings. The van der Waals surface area contributed by atoms with Gasteiger partial charge in [0.25, 0.3) is 0 Å². The fourth-order valence-corrected chi connectivity index (χ4v) is 1.68. The van der Waals surface area contributed by atoms with Gasteiger partial charge in [0.15, 0.2) is 0 Å². The minimum Gasteiger partial charge on any atom is -0.395 e. The number of aliphatic hydroxyl groups is 1. The lowest BCUT2D eigenvalue weighted by molar-refractivity contribution is -0.135. The van der Waals surface area contributed by atoms with E-state index >= 15 is 0 Å². The van der Waals surface area contributed by atoms with Crippen LogP contribution in [0.4, 0.5) is 0 Å². The number of rotatable bonds is 3. The van der Waals surface area contributed by atoms with E-state index in [-0.39, 0.29) is 18.6 Å². The first-order valence-electron chi connectivity index (χ1n) is 4.93. The molecule has 1 rings (SSSR count). The van der Waals surface area contributed by atoms with Crippen LogP contribution in [0.1, 0.15) is 0 Å². The molecule has 5 heteroatoms. The second-order valence-electron chi connectivity index (χ2n) is 3.71. The van der Waals surface area contributed by atoms with Gasteiger partial charge in [0.2, 0.25) is 5.91 Å². The Morgan fingerprint density at radius 3 is 2.93 bits per heavy atom. The van der Waals surface area contributed by atoms with E-state index in [2.05, 4.69) is 5.32 Å². The molecule has 1 heterocycles. The number of piperazine rings is 1. The molecule has 0 spiro atoms. The topological polar surface area (TPSA) is 55.8 Å². The number of carbonyl (C=O) groups excluding carboxylic acids is 1. The van der Waals surface area contributed by atoms with Gasteiger partial charge in [-0.3, -0.25) is 9.69 Å². The summed E-state index contributed by atoms with van der Waals surface area (Å²) < 4.78 is 0. The van der Waals surface area contributed by atoms with Crippen molar-refractivity contribution in [1.29, 1.82) is 0 Å². The highest BCUT2D eigenvalue weighted by atomic mass is 16.3. The summed E-state index contributed by atoms with van der Waals surface area (Å²) in [6.45, 7) is 3.07. The zero-order chi connectivity index (χ0) is 10.6. The van der Waals surface area contributed by atoms with Crippen LogP contribution in [0.25, 0.3) is 0 Å². The SMILES string of the molecule is CN(C)C(=O)C1CNCCN1CCO. The summed E-state index contributed by atoms with van der Waals surface area (Å²) in [4.78, 5) is 15.4. The third-order valence-electron chi connectivity index (χ3n) is 2.47. The molecule has 2 N–H and O–H groups in total. The van der Waals surface area contributed by atoms with Gasteiger partial charge in [-0.1, -0.05) is 0 Å². The Bertz CT molecular complexity index is 194. The molecule has 1 fully saturated rings. The third-order valence-corrected chi connectivity index (χ3v) is 2.47. The molecule has 0 aliphatic carbocycles. The minimum atomic E-state index is -0.120. The molecular weight excluding hydrogens is 182 g/mol. The van der Waals surface area contributed by atoms with Crippen LogP contribution in [0.3, 0.4) is 0 Å². The Morgan fingerprint density at radius 2 is 2.36 bits per heavy atom. The zero-order valence-corrected chi connectivity index (χ0v) is 8.86. The van der Waals surface area contributed by atoms with E-state index in [1.807, 2.05) is 4.90 Å². The van der Waals surface area contributed by atoms with E-state index in [1.54, 1.807) is 19.0 Å². The van der Waals surface area contributed by atoms with Crippen LogP contribution in [-0.2, 0) is 4.79 Å². The molecule has 1 atom stereocenters. The lowest BCUT2D eigenvalue weighted by Gasteiger charge is -2.35. The lowest BCUT2D eigenvalue weighted by atomic mass is 10.1. The van der Waals surface area contributed by atoms with Crippen LogP contribution in [0.15, 0.2) is 0 Å². The molecule has 14 heavy (non-hydrogen) atoms. The van der Waals surface area contributed by atoms with E-state index in [4.69, 9.17) is 5.11 Å². The molecular formula is C9H19N3O2. The third kappa shape index (κ3) is 2.67. The van der Waals surface area contributed by atoms with Crippen molar-refractivity contribution in [3.05, 3.63) is 0 Å². The van der Waals surface area contributed by atoms with Crippen molar-refractivity contribution in [3.8, 4) is 0 Å². The van der Waals surface area contributed by atoms with Gasteiger partial charge in [-0.05, 0) is 0 Å². The predicted molar refractivity (Wildman–Crippen MR) is 54.0 cm³/mol. The molecule has 0 saturated carbocycles. The Balaban J connectivity index is 2.57. The van der Waals surface area contributed by atoms with E-state index in [0.29, 0.717) is 13.1 Å². The van der Waals surface area contributed by atoms with Crippen LogP contribution in [-0.4, -0.2) is 73.7 Å². The maximum absolute atomic E-state index is 11.7. The van der Waals surface area contributed by atoms with Gasteiger partial charge >= 0.3 is 0 Å². The monoisotopic (exact) mass is 201 g/mol. The van der Waals surface area contributed by atoms with Gasteiger partial charge < -0.3 is 15.3 Å². The van der Waals surface area contributed by atoms with Crippen molar-refractivity contribution in [1.82, 2.24) is 15.1 Å². The van der Waals surface area contributed by atoms with Gasteiger partial charge in [0.05, 0.1) is 6.61 Å². The van der Waals surface area contributed by atoms with Crippen molar-refractivity contribution in [3.63, 3.8) is 0 Å². The fraction of sp³-hybridized carbons (Fsp3) is 0.889. The van der Waals surface area contributed by atoms with E-state index in [0.717, 1.165) is 13.1 Å². The lowest BCUT2D eigenvalue weighted by Crippen LogP contribution is -2.58. The standard InChI is InChI=1S/C9H19N3O2/c1-11(2)9(14)8-7-10-3-4-12(8)5-6-13/h8,10,13H,3-7H2,1-2H3. The number of carbonyl (C=O) groups is 1. The highest BCUT2D eigenvalue weighted by Crippen LogP contribution is 2.04. The number of aliphatic hydroxyl groups excluding tert-OH is 1. The second kappa shape index (κ2) is 5.29. The Morgan fingerprint density at radius 1 is 1.64 bits per heavy atom. The first-order chi connectivity index (χ1) is 6.66. The number of nitrogens with zero attached hydrogens (tertiary/aromatic N) is 2. The Hall–Kier alpha value is -0.650.